The molecule has 0 aliphatic carbocycles. The Balaban J connectivity index is 2.17. The van der Waals surface area contributed by atoms with Crippen LogP contribution in [0.4, 0.5) is 4.39 Å². The Labute approximate surface area is 133 Å². The van der Waals surface area contributed by atoms with Crippen LogP contribution in [0.3, 0.4) is 0 Å². The molecule has 0 unspecified atom stereocenters. The van der Waals surface area contributed by atoms with Crippen LogP contribution in [0.25, 0.3) is 0 Å². The molecule has 102 valence electrons. The molecule has 0 radical (unpaired) electrons. The summed E-state index contributed by atoms with van der Waals surface area (Å²) in [6, 6.07) is 9.51. The molecule has 0 heterocycles. The highest BCUT2D eigenvalue weighted by atomic mass is 79.9. The van der Waals surface area contributed by atoms with Gasteiger partial charge in [0.05, 0.1) is 21.1 Å². The molecule has 20 heavy (non-hydrogen) atoms. The van der Waals surface area contributed by atoms with Gasteiger partial charge in [-0.1, -0.05) is 29.3 Å². The van der Waals surface area contributed by atoms with Crippen molar-refractivity contribution in [2.24, 2.45) is 0 Å². The van der Waals surface area contributed by atoms with Crippen molar-refractivity contribution in [1.29, 1.82) is 5.26 Å². The molecular weight excluding hydrogens is 368 g/mol. The number of nitrogens with zero attached hydrogens (tertiary/aromatic N) is 1. The summed E-state index contributed by atoms with van der Waals surface area (Å²) in [4.78, 5) is 0. The number of rotatable bonds is 3. The van der Waals surface area contributed by atoms with Crippen LogP contribution in [0, 0.1) is 17.1 Å². The molecule has 0 amide bonds. The molecule has 0 spiro atoms. The smallest absolute Gasteiger partial charge is 0.145 e. The zero-order chi connectivity index (χ0) is 14.7. The Morgan fingerprint density at radius 2 is 1.95 bits per heavy atom. The van der Waals surface area contributed by atoms with Crippen molar-refractivity contribution in [1.82, 2.24) is 0 Å². The van der Waals surface area contributed by atoms with Crippen LogP contribution in [0.1, 0.15) is 11.1 Å². The molecular formula is C14H7BrCl2FNO. The lowest BCUT2D eigenvalue weighted by molar-refractivity contribution is 0.302. The van der Waals surface area contributed by atoms with Crippen molar-refractivity contribution >= 4 is 39.1 Å². The van der Waals surface area contributed by atoms with Crippen molar-refractivity contribution in [3.05, 3.63) is 61.8 Å². The Morgan fingerprint density at radius 3 is 2.60 bits per heavy atom. The lowest BCUT2D eigenvalue weighted by atomic mass is 10.1. The highest BCUT2D eigenvalue weighted by molar-refractivity contribution is 9.10. The topological polar surface area (TPSA) is 33.0 Å². The predicted octanol–water partition coefficient (Wildman–Crippen LogP) is 5.35. The quantitative estimate of drug-likeness (QED) is 0.678. The molecule has 0 fully saturated rings. The van der Waals surface area contributed by atoms with E-state index in [9.17, 15) is 4.39 Å². The third-order valence-corrected chi connectivity index (χ3v) is 3.80. The van der Waals surface area contributed by atoms with Crippen LogP contribution in [0.2, 0.25) is 10.0 Å². The van der Waals surface area contributed by atoms with Crippen molar-refractivity contribution in [3.8, 4) is 11.8 Å². The summed E-state index contributed by atoms with van der Waals surface area (Å²) >= 11 is 14.9. The highest BCUT2D eigenvalue weighted by Crippen LogP contribution is 2.31. The Bertz CT molecular complexity index is 700. The van der Waals surface area contributed by atoms with Crippen molar-refractivity contribution in [2.75, 3.05) is 0 Å². The van der Waals surface area contributed by atoms with Gasteiger partial charge in [-0.05, 0) is 34.1 Å². The number of hydrogen-bond donors (Lipinski definition) is 0. The van der Waals surface area contributed by atoms with Crippen LogP contribution < -0.4 is 4.74 Å². The minimum atomic E-state index is -0.559. The first kappa shape index (κ1) is 15.1. The van der Waals surface area contributed by atoms with Crippen LogP contribution >= 0.6 is 39.1 Å². The number of hydrogen-bond acceptors (Lipinski definition) is 2. The summed E-state index contributed by atoms with van der Waals surface area (Å²) in [6.45, 7) is 0.157. The molecule has 6 heteroatoms. The molecule has 2 aromatic carbocycles. The van der Waals surface area contributed by atoms with E-state index in [4.69, 9.17) is 33.2 Å². The minimum Gasteiger partial charge on any atom is -0.488 e. The molecule has 2 aromatic rings. The molecule has 2 nitrogen and oxygen atoms in total. The third kappa shape index (κ3) is 3.43. The van der Waals surface area contributed by atoms with E-state index < -0.39 is 5.82 Å². The summed E-state index contributed by atoms with van der Waals surface area (Å²) in [5.74, 6) is -0.233. The van der Waals surface area contributed by atoms with E-state index in [1.807, 2.05) is 6.07 Å². The van der Waals surface area contributed by atoms with E-state index >= 15 is 0 Å². The fourth-order valence-corrected chi connectivity index (χ4v) is 2.49. The lowest BCUT2D eigenvalue weighted by Gasteiger charge is -2.10. The summed E-state index contributed by atoms with van der Waals surface area (Å²) < 4.78 is 19.4. The maximum absolute atomic E-state index is 13.4. The second-order valence-electron chi connectivity index (χ2n) is 3.90. The number of nitriles is 1. The van der Waals surface area contributed by atoms with E-state index in [-0.39, 0.29) is 11.6 Å². The van der Waals surface area contributed by atoms with Crippen LogP contribution in [-0.2, 0) is 6.61 Å². The first-order valence-corrected chi connectivity index (χ1v) is 7.02. The minimum absolute atomic E-state index is 0.0145. The fraction of sp³-hybridized carbons (Fsp3) is 0.0714. The molecule has 0 saturated carbocycles. The van der Waals surface area contributed by atoms with Gasteiger partial charge in [-0.2, -0.15) is 5.26 Å². The summed E-state index contributed by atoms with van der Waals surface area (Å²) in [6.07, 6.45) is 0. The van der Waals surface area contributed by atoms with Crippen LogP contribution in [0.5, 0.6) is 5.75 Å². The average Bonchev–Trinajstić information content (AvgIpc) is 2.42. The first-order chi connectivity index (χ1) is 9.51. The van der Waals surface area contributed by atoms with Gasteiger partial charge < -0.3 is 4.74 Å². The summed E-state index contributed by atoms with van der Waals surface area (Å²) in [5, 5.41) is 9.19. The van der Waals surface area contributed by atoms with Crippen molar-refractivity contribution in [2.45, 2.75) is 6.61 Å². The third-order valence-electron chi connectivity index (χ3n) is 2.54. The first-order valence-electron chi connectivity index (χ1n) is 5.47. The zero-order valence-electron chi connectivity index (χ0n) is 9.96. The maximum atomic E-state index is 13.4. The Morgan fingerprint density at radius 1 is 1.20 bits per heavy atom. The van der Waals surface area contributed by atoms with E-state index in [2.05, 4.69) is 15.9 Å². The van der Waals surface area contributed by atoms with Crippen molar-refractivity contribution < 1.29 is 9.13 Å². The van der Waals surface area contributed by atoms with Crippen LogP contribution in [-0.4, -0.2) is 0 Å². The number of benzene rings is 2. The molecule has 0 aliphatic rings. The van der Waals surface area contributed by atoms with E-state index in [1.54, 1.807) is 18.2 Å². The average molecular weight is 375 g/mol. The highest BCUT2D eigenvalue weighted by Gasteiger charge is 2.09. The molecule has 0 N–H and O–H groups in total. The number of ether oxygens (including phenoxy) is 1. The summed E-state index contributed by atoms with van der Waals surface area (Å²) in [5.41, 5.74) is 1.17. The Kier molecular flexibility index (Phi) is 4.87. The normalized spacial score (nSPS) is 10.2. The molecule has 0 bridgehead atoms. The standard InChI is InChI=1S/C14H7BrCl2FNO/c15-10-4-12(17)13(18)5-14(10)20-7-9-2-1-8(6-19)3-11(9)16/h1-5H,7H2. The molecule has 0 aliphatic heterocycles. The van der Waals surface area contributed by atoms with Gasteiger partial charge in [-0.15, -0.1) is 0 Å². The van der Waals surface area contributed by atoms with E-state index in [1.165, 1.54) is 12.1 Å². The van der Waals surface area contributed by atoms with Gasteiger partial charge >= 0.3 is 0 Å². The Hall–Kier alpha value is -1.28. The molecule has 0 atom stereocenters. The van der Waals surface area contributed by atoms with Gasteiger partial charge in [0, 0.05) is 16.7 Å². The summed E-state index contributed by atoms with van der Waals surface area (Å²) in [7, 11) is 0. The maximum Gasteiger partial charge on any atom is 0.145 e. The van der Waals surface area contributed by atoms with Gasteiger partial charge in [0.2, 0.25) is 0 Å². The van der Waals surface area contributed by atoms with Gasteiger partial charge in [0.1, 0.15) is 18.2 Å². The molecule has 0 aromatic heterocycles. The molecule has 2 rings (SSSR count). The monoisotopic (exact) mass is 373 g/mol. The SMILES string of the molecule is N#Cc1ccc(COc2cc(F)c(Cl)cc2Br)c(Cl)c1. The number of halogens is 4. The van der Waals surface area contributed by atoms with E-state index in [0.29, 0.717) is 26.4 Å². The largest absolute Gasteiger partial charge is 0.488 e. The zero-order valence-corrected chi connectivity index (χ0v) is 13.1. The van der Waals surface area contributed by atoms with Gasteiger partial charge in [0.15, 0.2) is 0 Å². The second kappa shape index (κ2) is 6.45. The van der Waals surface area contributed by atoms with Crippen LogP contribution in [0.15, 0.2) is 34.8 Å². The van der Waals surface area contributed by atoms with E-state index in [0.717, 1.165) is 0 Å². The lowest BCUT2D eigenvalue weighted by Crippen LogP contribution is -1.98. The second-order valence-corrected chi connectivity index (χ2v) is 5.57. The van der Waals surface area contributed by atoms with Gasteiger partial charge in [0.25, 0.3) is 0 Å². The van der Waals surface area contributed by atoms with Gasteiger partial charge in [-0.3, -0.25) is 0 Å². The predicted molar refractivity (Wildman–Crippen MR) is 79.6 cm³/mol. The van der Waals surface area contributed by atoms with Crippen molar-refractivity contribution in [3.63, 3.8) is 0 Å². The van der Waals surface area contributed by atoms with Gasteiger partial charge in [-0.25, -0.2) is 4.39 Å². The molecule has 0 saturated heterocycles. The fourth-order valence-electron chi connectivity index (χ4n) is 1.50.